The van der Waals surface area contributed by atoms with Crippen LogP contribution in [0.5, 0.6) is 0 Å². The molecule has 0 fully saturated rings. The van der Waals surface area contributed by atoms with E-state index in [1.807, 2.05) is 32.0 Å². The highest BCUT2D eigenvalue weighted by Crippen LogP contribution is 2.35. The van der Waals surface area contributed by atoms with Crippen molar-refractivity contribution in [3.05, 3.63) is 46.0 Å². The minimum absolute atomic E-state index is 0.477. The van der Waals surface area contributed by atoms with Gasteiger partial charge in [0.15, 0.2) is 5.13 Å². The fraction of sp³-hybridized carbons (Fsp3) is 0.308. The van der Waals surface area contributed by atoms with E-state index in [-0.39, 0.29) is 0 Å². The predicted octanol–water partition coefficient (Wildman–Crippen LogP) is 2.60. The molecule has 4 heteroatoms. The van der Waals surface area contributed by atoms with E-state index < -0.39 is 5.60 Å². The van der Waals surface area contributed by atoms with Crippen molar-refractivity contribution < 1.29 is 5.11 Å². The van der Waals surface area contributed by atoms with Gasteiger partial charge in [-0.15, -0.1) is 0 Å². The fourth-order valence-corrected chi connectivity index (χ4v) is 2.65. The van der Waals surface area contributed by atoms with Gasteiger partial charge in [-0.3, -0.25) is 0 Å². The number of rotatable bonds is 2. The van der Waals surface area contributed by atoms with Crippen LogP contribution in [0.4, 0.5) is 5.13 Å². The first-order valence-electron chi connectivity index (χ1n) is 5.43. The first kappa shape index (κ1) is 12.1. The molecule has 3 N–H and O–H groups in total. The van der Waals surface area contributed by atoms with E-state index in [2.05, 4.69) is 4.98 Å². The number of aryl methyl sites for hydroxylation is 2. The van der Waals surface area contributed by atoms with Gasteiger partial charge in [0, 0.05) is 6.20 Å². The summed E-state index contributed by atoms with van der Waals surface area (Å²) in [5.41, 5.74) is 7.68. The Balaban J connectivity index is 2.54. The number of benzene rings is 1. The van der Waals surface area contributed by atoms with Crippen LogP contribution in [0, 0.1) is 13.8 Å². The van der Waals surface area contributed by atoms with Gasteiger partial charge in [-0.1, -0.05) is 35.1 Å². The van der Waals surface area contributed by atoms with Gasteiger partial charge in [0.25, 0.3) is 0 Å². The van der Waals surface area contributed by atoms with Gasteiger partial charge < -0.3 is 10.8 Å². The second-order valence-electron chi connectivity index (χ2n) is 4.45. The molecule has 1 aromatic heterocycles. The van der Waals surface area contributed by atoms with Gasteiger partial charge in [0.05, 0.1) is 4.88 Å². The van der Waals surface area contributed by atoms with Crippen molar-refractivity contribution in [2.24, 2.45) is 0 Å². The van der Waals surface area contributed by atoms with Crippen LogP contribution in [0.1, 0.15) is 28.5 Å². The molecule has 90 valence electrons. The number of aliphatic hydroxyl groups is 1. The molecule has 3 nitrogen and oxygen atoms in total. The Bertz CT molecular complexity index is 546. The molecule has 0 radical (unpaired) electrons. The van der Waals surface area contributed by atoms with E-state index in [1.165, 1.54) is 11.3 Å². The van der Waals surface area contributed by atoms with Crippen LogP contribution in [0.15, 0.2) is 24.4 Å². The topological polar surface area (TPSA) is 59.1 Å². The molecule has 0 saturated carbocycles. The summed E-state index contributed by atoms with van der Waals surface area (Å²) in [4.78, 5) is 4.76. The van der Waals surface area contributed by atoms with Gasteiger partial charge in [0.1, 0.15) is 5.60 Å². The number of hydrogen-bond donors (Lipinski definition) is 2. The average Bonchev–Trinajstić information content (AvgIpc) is 2.69. The van der Waals surface area contributed by atoms with E-state index in [0.717, 1.165) is 21.6 Å². The number of nitrogen functional groups attached to an aromatic ring is 1. The molecule has 1 heterocycles. The lowest BCUT2D eigenvalue weighted by molar-refractivity contribution is 0.105. The molecule has 2 rings (SSSR count). The molecule has 0 amide bonds. The second-order valence-corrected chi connectivity index (χ2v) is 5.52. The Morgan fingerprint density at radius 1 is 1.35 bits per heavy atom. The summed E-state index contributed by atoms with van der Waals surface area (Å²) in [6, 6.07) is 6.06. The van der Waals surface area contributed by atoms with Crippen molar-refractivity contribution in [1.82, 2.24) is 4.98 Å². The maximum Gasteiger partial charge on any atom is 0.180 e. The third kappa shape index (κ3) is 2.18. The van der Waals surface area contributed by atoms with Crippen molar-refractivity contribution in [3.8, 4) is 0 Å². The largest absolute Gasteiger partial charge is 0.380 e. The zero-order valence-corrected chi connectivity index (χ0v) is 11.0. The van der Waals surface area contributed by atoms with Gasteiger partial charge >= 0.3 is 0 Å². The highest BCUT2D eigenvalue weighted by Gasteiger charge is 2.29. The smallest absolute Gasteiger partial charge is 0.180 e. The quantitative estimate of drug-likeness (QED) is 0.858. The number of nitrogens with two attached hydrogens (primary N) is 1. The molecule has 0 spiro atoms. The van der Waals surface area contributed by atoms with Crippen LogP contribution < -0.4 is 5.73 Å². The minimum Gasteiger partial charge on any atom is -0.380 e. The zero-order valence-electron chi connectivity index (χ0n) is 10.2. The Labute approximate surface area is 105 Å². The molecule has 0 aliphatic rings. The monoisotopic (exact) mass is 248 g/mol. The normalized spacial score (nSPS) is 14.6. The Kier molecular flexibility index (Phi) is 2.93. The SMILES string of the molecule is Cc1ccc(C)c(C(C)(O)c2cnc(N)s2)c1. The Morgan fingerprint density at radius 3 is 2.65 bits per heavy atom. The van der Waals surface area contributed by atoms with Crippen molar-refractivity contribution in [1.29, 1.82) is 0 Å². The molecule has 0 aliphatic heterocycles. The van der Waals surface area contributed by atoms with E-state index in [1.54, 1.807) is 13.1 Å². The van der Waals surface area contributed by atoms with Crippen molar-refractivity contribution in [2.75, 3.05) is 5.73 Å². The van der Waals surface area contributed by atoms with Crippen LogP contribution in [0.25, 0.3) is 0 Å². The lowest BCUT2D eigenvalue weighted by Crippen LogP contribution is -2.22. The molecule has 0 bridgehead atoms. The molecule has 0 aliphatic carbocycles. The van der Waals surface area contributed by atoms with E-state index in [4.69, 9.17) is 5.73 Å². The second kappa shape index (κ2) is 4.13. The lowest BCUT2D eigenvalue weighted by atomic mass is 9.90. The van der Waals surface area contributed by atoms with Gasteiger partial charge in [-0.2, -0.15) is 0 Å². The predicted molar refractivity (Wildman–Crippen MR) is 71.1 cm³/mol. The van der Waals surface area contributed by atoms with Gasteiger partial charge in [-0.05, 0) is 31.9 Å². The maximum atomic E-state index is 10.7. The summed E-state index contributed by atoms with van der Waals surface area (Å²) < 4.78 is 0. The number of anilines is 1. The van der Waals surface area contributed by atoms with Crippen LogP contribution in [0.2, 0.25) is 0 Å². The lowest BCUT2D eigenvalue weighted by Gasteiger charge is -2.24. The van der Waals surface area contributed by atoms with E-state index in [0.29, 0.717) is 5.13 Å². The Morgan fingerprint density at radius 2 is 2.06 bits per heavy atom. The summed E-state index contributed by atoms with van der Waals surface area (Å²) in [6.07, 6.45) is 1.64. The summed E-state index contributed by atoms with van der Waals surface area (Å²) >= 11 is 1.32. The molecule has 1 unspecified atom stereocenters. The third-order valence-electron chi connectivity index (χ3n) is 2.92. The summed E-state index contributed by atoms with van der Waals surface area (Å²) in [7, 11) is 0. The molecular weight excluding hydrogens is 232 g/mol. The summed E-state index contributed by atoms with van der Waals surface area (Å²) in [6.45, 7) is 5.79. The molecule has 2 aromatic rings. The molecular formula is C13H16N2OS. The van der Waals surface area contributed by atoms with Crippen LogP contribution in [-0.4, -0.2) is 10.1 Å². The van der Waals surface area contributed by atoms with Crippen LogP contribution in [-0.2, 0) is 5.60 Å². The average molecular weight is 248 g/mol. The summed E-state index contributed by atoms with van der Waals surface area (Å²) in [5.74, 6) is 0. The number of thiazole rings is 1. The third-order valence-corrected chi connectivity index (χ3v) is 3.96. The van der Waals surface area contributed by atoms with Crippen LogP contribution >= 0.6 is 11.3 Å². The van der Waals surface area contributed by atoms with Gasteiger partial charge in [-0.25, -0.2) is 4.98 Å². The highest BCUT2D eigenvalue weighted by molar-refractivity contribution is 7.15. The van der Waals surface area contributed by atoms with E-state index in [9.17, 15) is 5.11 Å². The molecule has 1 aromatic carbocycles. The Hall–Kier alpha value is -1.39. The highest BCUT2D eigenvalue weighted by atomic mass is 32.1. The molecule has 17 heavy (non-hydrogen) atoms. The maximum absolute atomic E-state index is 10.7. The number of aromatic nitrogens is 1. The van der Waals surface area contributed by atoms with Crippen molar-refractivity contribution in [3.63, 3.8) is 0 Å². The van der Waals surface area contributed by atoms with Crippen molar-refractivity contribution in [2.45, 2.75) is 26.4 Å². The minimum atomic E-state index is -1.04. The van der Waals surface area contributed by atoms with E-state index >= 15 is 0 Å². The number of hydrogen-bond acceptors (Lipinski definition) is 4. The molecule has 1 atom stereocenters. The fourth-order valence-electron chi connectivity index (χ4n) is 1.91. The van der Waals surface area contributed by atoms with Crippen LogP contribution in [0.3, 0.4) is 0 Å². The summed E-state index contributed by atoms with van der Waals surface area (Å²) in [5, 5.41) is 11.2. The van der Waals surface area contributed by atoms with Crippen molar-refractivity contribution >= 4 is 16.5 Å². The standard InChI is InChI=1S/C13H16N2OS/c1-8-4-5-9(2)10(6-8)13(3,16)11-7-15-12(14)17-11/h4-7,16H,1-3H3,(H2,14,15). The first-order chi connectivity index (χ1) is 7.91. The first-order valence-corrected chi connectivity index (χ1v) is 6.25. The van der Waals surface area contributed by atoms with Gasteiger partial charge in [0.2, 0.25) is 0 Å². The number of nitrogens with zero attached hydrogens (tertiary/aromatic N) is 1. The molecule has 0 saturated heterocycles. The zero-order chi connectivity index (χ0) is 12.6.